The summed E-state index contributed by atoms with van der Waals surface area (Å²) >= 11 is 7.86. The van der Waals surface area contributed by atoms with Crippen LogP contribution >= 0.6 is 23.4 Å². The molecular weight excluding hydrogens is 422 g/mol. The van der Waals surface area contributed by atoms with Gasteiger partial charge in [0, 0.05) is 16.5 Å². The molecular formula is C23H28ClNO4S. The summed E-state index contributed by atoms with van der Waals surface area (Å²) < 4.78 is 10.5. The van der Waals surface area contributed by atoms with Crippen LogP contribution in [0.5, 0.6) is 5.75 Å². The molecule has 3 rings (SSSR count). The number of aliphatic hydroxyl groups excluding tert-OH is 1. The van der Waals surface area contributed by atoms with Crippen LogP contribution < -0.4 is 10.1 Å². The fourth-order valence-corrected chi connectivity index (χ4v) is 4.83. The summed E-state index contributed by atoms with van der Waals surface area (Å²) in [5.74, 6) is 1.85. The van der Waals surface area contributed by atoms with E-state index in [-0.39, 0.29) is 12.6 Å². The first-order valence-corrected chi connectivity index (χ1v) is 11.6. The lowest BCUT2D eigenvalue weighted by Gasteiger charge is -2.18. The van der Waals surface area contributed by atoms with Gasteiger partial charge >= 0.3 is 5.97 Å². The number of benzene rings is 2. The summed E-state index contributed by atoms with van der Waals surface area (Å²) in [5, 5.41) is 14.4. The number of nitrogens with one attached hydrogen (secondary N) is 1. The Morgan fingerprint density at radius 2 is 2.20 bits per heavy atom. The van der Waals surface area contributed by atoms with E-state index in [0.717, 1.165) is 30.7 Å². The number of carbonyl (C=O) groups excluding carboxylic acids is 1. The Balaban J connectivity index is 1.52. The van der Waals surface area contributed by atoms with Crippen molar-refractivity contribution in [3.8, 4) is 5.75 Å². The number of hydrogen-bond donors (Lipinski definition) is 2. The van der Waals surface area contributed by atoms with E-state index in [1.54, 1.807) is 19.1 Å². The zero-order valence-electron chi connectivity index (χ0n) is 17.1. The van der Waals surface area contributed by atoms with E-state index in [9.17, 15) is 9.90 Å². The molecule has 0 radical (unpaired) electrons. The second-order valence-electron chi connectivity index (χ2n) is 7.30. The molecule has 1 aliphatic heterocycles. The smallest absolute Gasteiger partial charge is 0.344 e. The predicted octanol–water partition coefficient (Wildman–Crippen LogP) is 4.26. The van der Waals surface area contributed by atoms with Gasteiger partial charge in [-0.05, 0) is 79.4 Å². The van der Waals surface area contributed by atoms with Crippen molar-refractivity contribution in [1.29, 1.82) is 0 Å². The van der Waals surface area contributed by atoms with Crippen LogP contribution in [0.4, 0.5) is 0 Å². The molecule has 0 aliphatic carbocycles. The number of ether oxygens (including phenoxy) is 2. The molecule has 0 bridgehead atoms. The molecule has 2 N–H and O–H groups in total. The lowest BCUT2D eigenvalue weighted by molar-refractivity contribution is -0.145. The summed E-state index contributed by atoms with van der Waals surface area (Å²) in [6, 6.07) is 13.3. The van der Waals surface area contributed by atoms with Crippen LogP contribution in [0.25, 0.3) is 0 Å². The maximum Gasteiger partial charge on any atom is 0.344 e. The van der Waals surface area contributed by atoms with Crippen molar-refractivity contribution in [3.05, 3.63) is 58.6 Å². The van der Waals surface area contributed by atoms with Crippen molar-refractivity contribution >= 4 is 29.3 Å². The van der Waals surface area contributed by atoms with Gasteiger partial charge in [-0.2, -0.15) is 0 Å². The minimum absolute atomic E-state index is 0.0772. The van der Waals surface area contributed by atoms with E-state index < -0.39 is 6.10 Å². The van der Waals surface area contributed by atoms with Gasteiger partial charge < -0.3 is 19.9 Å². The number of carbonyl (C=O) groups is 1. The van der Waals surface area contributed by atoms with Crippen molar-refractivity contribution < 1.29 is 19.4 Å². The van der Waals surface area contributed by atoms with Crippen molar-refractivity contribution in [2.75, 3.05) is 32.1 Å². The highest BCUT2D eigenvalue weighted by atomic mass is 35.5. The largest absolute Gasteiger partial charge is 0.482 e. The van der Waals surface area contributed by atoms with Crippen LogP contribution in [0, 0.1) is 5.92 Å². The standard InChI is InChI=1S/C23H28ClNO4S/c1-2-28-23(27)15-29-20-6-7-22-18(12-20)10-16(8-9-30-22)13-25-14-21(26)17-4-3-5-19(24)11-17/h3-7,11-12,16,21,25-26H,2,8-10,13-15H2,1H3. The SMILES string of the molecule is CCOC(=O)COc1ccc2c(c1)CC(CNCC(O)c1cccc(Cl)c1)CCS2. The molecule has 2 atom stereocenters. The third-order valence-electron chi connectivity index (χ3n) is 4.99. The summed E-state index contributed by atoms with van der Waals surface area (Å²) in [4.78, 5) is 12.8. The molecule has 0 saturated carbocycles. The summed E-state index contributed by atoms with van der Waals surface area (Å²) in [7, 11) is 0. The van der Waals surface area contributed by atoms with Crippen molar-refractivity contribution in [3.63, 3.8) is 0 Å². The van der Waals surface area contributed by atoms with Crippen molar-refractivity contribution in [2.24, 2.45) is 5.92 Å². The Hall–Kier alpha value is -1.73. The minimum atomic E-state index is -0.584. The van der Waals surface area contributed by atoms with E-state index in [1.165, 1.54) is 10.5 Å². The first kappa shape index (κ1) is 22.9. The maximum atomic E-state index is 11.5. The lowest BCUT2D eigenvalue weighted by atomic mass is 9.96. The Morgan fingerprint density at radius 3 is 3.00 bits per heavy atom. The number of rotatable bonds is 9. The minimum Gasteiger partial charge on any atom is -0.482 e. The van der Waals surface area contributed by atoms with E-state index in [1.807, 2.05) is 36.0 Å². The van der Waals surface area contributed by atoms with Crippen LogP contribution in [0.1, 0.15) is 30.6 Å². The van der Waals surface area contributed by atoms with E-state index >= 15 is 0 Å². The molecule has 2 aromatic carbocycles. The van der Waals surface area contributed by atoms with E-state index in [2.05, 4.69) is 11.4 Å². The summed E-state index contributed by atoms with van der Waals surface area (Å²) in [5.41, 5.74) is 2.06. The van der Waals surface area contributed by atoms with Crippen LogP contribution in [-0.2, 0) is 16.0 Å². The van der Waals surface area contributed by atoms with Gasteiger partial charge in [-0.3, -0.25) is 0 Å². The topological polar surface area (TPSA) is 67.8 Å². The average molecular weight is 450 g/mol. The molecule has 7 heteroatoms. The van der Waals surface area contributed by atoms with Crippen LogP contribution in [-0.4, -0.2) is 43.1 Å². The molecule has 0 spiro atoms. The molecule has 2 aromatic rings. The van der Waals surface area contributed by atoms with Gasteiger partial charge in [0.15, 0.2) is 6.61 Å². The Kier molecular flexibility index (Phi) is 8.88. The number of aliphatic hydroxyl groups is 1. The van der Waals surface area contributed by atoms with E-state index in [4.69, 9.17) is 21.1 Å². The Morgan fingerprint density at radius 1 is 1.33 bits per heavy atom. The van der Waals surface area contributed by atoms with Crippen LogP contribution in [0.3, 0.4) is 0 Å². The molecule has 30 heavy (non-hydrogen) atoms. The predicted molar refractivity (Wildman–Crippen MR) is 120 cm³/mol. The summed E-state index contributed by atoms with van der Waals surface area (Å²) in [6.07, 6.45) is 1.44. The molecule has 2 unspecified atom stereocenters. The third-order valence-corrected chi connectivity index (χ3v) is 6.37. The molecule has 162 valence electrons. The normalized spacial score (nSPS) is 17.0. The molecule has 0 saturated heterocycles. The van der Waals surface area contributed by atoms with E-state index in [0.29, 0.717) is 29.8 Å². The number of hydrogen-bond acceptors (Lipinski definition) is 6. The highest BCUT2D eigenvalue weighted by Crippen LogP contribution is 2.33. The molecule has 0 aromatic heterocycles. The molecule has 5 nitrogen and oxygen atoms in total. The second kappa shape index (κ2) is 11.6. The van der Waals surface area contributed by atoms with Crippen LogP contribution in [0.15, 0.2) is 47.4 Å². The quantitative estimate of drug-likeness (QED) is 0.557. The first-order chi connectivity index (χ1) is 14.5. The first-order valence-electron chi connectivity index (χ1n) is 10.2. The Bertz CT molecular complexity index is 848. The van der Waals surface area contributed by atoms with Crippen molar-refractivity contribution in [1.82, 2.24) is 5.32 Å². The van der Waals surface area contributed by atoms with Gasteiger partial charge in [-0.1, -0.05) is 23.7 Å². The van der Waals surface area contributed by atoms with Gasteiger partial charge in [-0.25, -0.2) is 4.79 Å². The zero-order chi connectivity index (χ0) is 21.3. The van der Waals surface area contributed by atoms with Crippen LogP contribution in [0.2, 0.25) is 5.02 Å². The molecule has 0 fully saturated rings. The highest BCUT2D eigenvalue weighted by Gasteiger charge is 2.19. The number of esters is 1. The van der Waals surface area contributed by atoms with Gasteiger partial charge in [0.2, 0.25) is 0 Å². The second-order valence-corrected chi connectivity index (χ2v) is 8.87. The lowest BCUT2D eigenvalue weighted by Crippen LogP contribution is -2.28. The monoisotopic (exact) mass is 449 g/mol. The average Bonchev–Trinajstić information content (AvgIpc) is 2.93. The molecule has 1 aliphatic rings. The fourth-order valence-electron chi connectivity index (χ4n) is 3.47. The fraction of sp³-hybridized carbons (Fsp3) is 0.435. The Labute approximate surface area is 187 Å². The molecule has 0 amide bonds. The number of thioether (sulfide) groups is 1. The molecule has 1 heterocycles. The van der Waals surface area contributed by atoms with Gasteiger partial charge in [0.05, 0.1) is 12.7 Å². The zero-order valence-corrected chi connectivity index (χ0v) is 18.7. The number of halogens is 1. The van der Waals surface area contributed by atoms with Gasteiger partial charge in [-0.15, -0.1) is 11.8 Å². The highest BCUT2D eigenvalue weighted by molar-refractivity contribution is 7.99. The summed E-state index contributed by atoms with van der Waals surface area (Å²) in [6.45, 7) is 3.36. The third kappa shape index (κ3) is 6.91. The maximum absolute atomic E-state index is 11.5. The van der Waals surface area contributed by atoms with Crippen molar-refractivity contribution in [2.45, 2.75) is 30.8 Å². The van der Waals surface area contributed by atoms with Gasteiger partial charge in [0.1, 0.15) is 5.75 Å². The van der Waals surface area contributed by atoms with Gasteiger partial charge in [0.25, 0.3) is 0 Å². The number of fused-ring (bicyclic) bond motifs is 1.